The zero-order valence-electron chi connectivity index (χ0n) is 5.92. The minimum atomic E-state index is 0. The fourth-order valence-electron chi connectivity index (χ4n) is 1.11. The number of aliphatic hydroxyl groups is 1. The largest absolute Gasteiger partial charge is 0.396 e. The third-order valence-corrected chi connectivity index (χ3v) is 2.04. The second kappa shape index (κ2) is 3.96. The van der Waals surface area contributed by atoms with Crippen LogP contribution in [-0.4, -0.2) is 18.3 Å². The van der Waals surface area contributed by atoms with Gasteiger partial charge in [0.2, 0.25) is 0 Å². The lowest BCUT2D eigenvalue weighted by molar-refractivity contribution is 0.144. The molecule has 2 nitrogen and oxygen atoms in total. The van der Waals surface area contributed by atoms with Crippen LogP contribution in [-0.2, 0) is 0 Å². The van der Waals surface area contributed by atoms with E-state index in [1.54, 1.807) is 0 Å². The first-order chi connectivity index (χ1) is 4.33. The lowest BCUT2D eigenvalue weighted by atomic mass is 9.87. The Kier molecular flexibility index (Phi) is 3.94. The molecule has 0 radical (unpaired) electrons. The number of hydrogen-bond donors (Lipinski definition) is 2. The first-order valence-corrected chi connectivity index (χ1v) is 3.29. The molecule has 0 fully saturated rings. The molecule has 0 aliphatic heterocycles. The fourth-order valence-corrected chi connectivity index (χ4v) is 1.11. The van der Waals surface area contributed by atoms with Crippen molar-refractivity contribution >= 4 is 12.4 Å². The normalized spacial score (nSPS) is 20.6. The first kappa shape index (κ1) is 9.95. The average molecular weight is 164 g/mol. The van der Waals surface area contributed by atoms with Crippen LogP contribution >= 0.6 is 12.4 Å². The predicted octanol–water partition coefficient (Wildman–Crippen LogP) is 0.696. The van der Waals surface area contributed by atoms with E-state index in [0.29, 0.717) is 6.54 Å². The highest BCUT2D eigenvalue weighted by molar-refractivity contribution is 5.85. The standard InChI is InChI=1S/C7H13NO.ClH/c8-5-7(6-9)3-1-2-4-7;/h1-2,9H,3-6,8H2;1H. The molecule has 0 aromatic carbocycles. The molecule has 0 saturated carbocycles. The van der Waals surface area contributed by atoms with E-state index in [0.717, 1.165) is 12.8 Å². The van der Waals surface area contributed by atoms with Crippen LogP contribution in [0.4, 0.5) is 0 Å². The van der Waals surface area contributed by atoms with Gasteiger partial charge in [0.05, 0.1) is 6.61 Å². The highest BCUT2D eigenvalue weighted by Crippen LogP contribution is 2.30. The van der Waals surface area contributed by atoms with Crippen LogP contribution < -0.4 is 5.73 Å². The van der Waals surface area contributed by atoms with E-state index in [-0.39, 0.29) is 24.4 Å². The summed E-state index contributed by atoms with van der Waals surface area (Å²) in [5.41, 5.74) is 5.48. The number of allylic oxidation sites excluding steroid dienone is 2. The van der Waals surface area contributed by atoms with Crippen molar-refractivity contribution in [2.24, 2.45) is 11.1 Å². The van der Waals surface area contributed by atoms with Crippen molar-refractivity contribution in [2.75, 3.05) is 13.2 Å². The van der Waals surface area contributed by atoms with E-state index < -0.39 is 0 Å². The number of hydrogen-bond acceptors (Lipinski definition) is 2. The van der Waals surface area contributed by atoms with Gasteiger partial charge in [0.1, 0.15) is 0 Å². The van der Waals surface area contributed by atoms with Crippen LogP contribution in [0.25, 0.3) is 0 Å². The third-order valence-electron chi connectivity index (χ3n) is 2.04. The summed E-state index contributed by atoms with van der Waals surface area (Å²) in [5, 5.41) is 8.90. The molecule has 0 bridgehead atoms. The van der Waals surface area contributed by atoms with Crippen molar-refractivity contribution in [1.29, 1.82) is 0 Å². The lowest BCUT2D eigenvalue weighted by Gasteiger charge is -2.23. The summed E-state index contributed by atoms with van der Waals surface area (Å²) >= 11 is 0. The molecule has 0 amide bonds. The number of aliphatic hydroxyl groups excluding tert-OH is 1. The van der Waals surface area contributed by atoms with Crippen LogP contribution in [0.1, 0.15) is 12.8 Å². The van der Waals surface area contributed by atoms with Gasteiger partial charge in [-0.25, -0.2) is 0 Å². The number of nitrogens with two attached hydrogens (primary N) is 1. The quantitative estimate of drug-likeness (QED) is 0.589. The molecule has 0 unspecified atom stereocenters. The Morgan fingerprint density at radius 2 is 1.90 bits per heavy atom. The molecule has 10 heavy (non-hydrogen) atoms. The van der Waals surface area contributed by atoms with Gasteiger partial charge in [-0.1, -0.05) is 12.2 Å². The average Bonchev–Trinajstić information content (AvgIpc) is 2.36. The molecule has 1 aliphatic carbocycles. The smallest absolute Gasteiger partial charge is 0.0505 e. The summed E-state index contributed by atoms with van der Waals surface area (Å²) in [4.78, 5) is 0. The van der Waals surface area contributed by atoms with Crippen molar-refractivity contribution in [3.63, 3.8) is 0 Å². The van der Waals surface area contributed by atoms with Gasteiger partial charge < -0.3 is 10.8 Å². The van der Waals surface area contributed by atoms with E-state index in [9.17, 15) is 0 Å². The van der Waals surface area contributed by atoms with Crippen LogP contribution in [0.2, 0.25) is 0 Å². The van der Waals surface area contributed by atoms with Crippen LogP contribution in [0.15, 0.2) is 12.2 Å². The number of halogens is 1. The molecule has 3 heteroatoms. The molecule has 0 saturated heterocycles. The maximum Gasteiger partial charge on any atom is 0.0505 e. The molecule has 0 atom stereocenters. The third kappa shape index (κ3) is 1.72. The van der Waals surface area contributed by atoms with Crippen LogP contribution in [0.5, 0.6) is 0 Å². The zero-order chi connectivity index (χ0) is 6.74. The highest BCUT2D eigenvalue weighted by atomic mass is 35.5. The molecule has 60 valence electrons. The molecule has 0 heterocycles. The molecular formula is C7H14ClNO. The van der Waals surface area contributed by atoms with Crippen molar-refractivity contribution < 1.29 is 5.11 Å². The van der Waals surface area contributed by atoms with Crippen LogP contribution in [0.3, 0.4) is 0 Å². The lowest BCUT2D eigenvalue weighted by Crippen LogP contribution is -2.31. The molecule has 0 spiro atoms. The molecule has 0 aromatic heterocycles. The summed E-state index contributed by atoms with van der Waals surface area (Å²) in [6, 6.07) is 0. The maximum atomic E-state index is 8.90. The molecular weight excluding hydrogens is 150 g/mol. The minimum absolute atomic E-state index is 0. The van der Waals surface area contributed by atoms with Crippen molar-refractivity contribution in [3.05, 3.63) is 12.2 Å². The van der Waals surface area contributed by atoms with Crippen molar-refractivity contribution in [3.8, 4) is 0 Å². The second-order valence-electron chi connectivity index (χ2n) is 2.74. The van der Waals surface area contributed by atoms with Gasteiger partial charge >= 0.3 is 0 Å². The van der Waals surface area contributed by atoms with Crippen molar-refractivity contribution in [2.45, 2.75) is 12.8 Å². The van der Waals surface area contributed by atoms with E-state index in [1.807, 2.05) is 0 Å². The Morgan fingerprint density at radius 3 is 2.10 bits per heavy atom. The topological polar surface area (TPSA) is 46.2 Å². The second-order valence-corrected chi connectivity index (χ2v) is 2.74. The van der Waals surface area contributed by atoms with Gasteiger partial charge in [0.25, 0.3) is 0 Å². The Hall–Kier alpha value is -0.0500. The zero-order valence-corrected chi connectivity index (χ0v) is 6.73. The first-order valence-electron chi connectivity index (χ1n) is 3.29. The van der Waals surface area contributed by atoms with Gasteiger partial charge in [-0.05, 0) is 12.8 Å². The summed E-state index contributed by atoms with van der Waals surface area (Å²) in [6.45, 7) is 0.812. The van der Waals surface area contributed by atoms with Gasteiger partial charge in [-0.3, -0.25) is 0 Å². The number of rotatable bonds is 2. The molecule has 3 N–H and O–H groups in total. The van der Waals surface area contributed by atoms with Gasteiger partial charge in [0, 0.05) is 12.0 Å². The minimum Gasteiger partial charge on any atom is -0.396 e. The Bertz CT molecular complexity index is 111. The SMILES string of the molecule is Cl.NCC1(CO)CC=CC1. The maximum absolute atomic E-state index is 8.90. The van der Waals surface area contributed by atoms with Gasteiger partial charge in [0.15, 0.2) is 0 Å². The Labute approximate surface area is 67.5 Å². The summed E-state index contributed by atoms with van der Waals surface area (Å²) in [6.07, 6.45) is 6.06. The monoisotopic (exact) mass is 163 g/mol. The van der Waals surface area contributed by atoms with E-state index >= 15 is 0 Å². The summed E-state index contributed by atoms with van der Waals surface area (Å²) in [5.74, 6) is 0. The Morgan fingerprint density at radius 1 is 1.40 bits per heavy atom. The van der Waals surface area contributed by atoms with Gasteiger partial charge in [-0.2, -0.15) is 0 Å². The Balaban J connectivity index is 0.000000810. The van der Waals surface area contributed by atoms with Crippen molar-refractivity contribution in [1.82, 2.24) is 0 Å². The summed E-state index contributed by atoms with van der Waals surface area (Å²) in [7, 11) is 0. The fraction of sp³-hybridized carbons (Fsp3) is 0.714. The van der Waals surface area contributed by atoms with E-state index in [4.69, 9.17) is 10.8 Å². The van der Waals surface area contributed by atoms with E-state index in [2.05, 4.69) is 12.2 Å². The summed E-state index contributed by atoms with van der Waals surface area (Å²) < 4.78 is 0. The molecule has 1 rings (SSSR count). The van der Waals surface area contributed by atoms with Crippen LogP contribution in [0, 0.1) is 5.41 Å². The predicted molar refractivity (Wildman–Crippen MR) is 44.2 cm³/mol. The highest BCUT2D eigenvalue weighted by Gasteiger charge is 2.27. The molecule has 1 aliphatic rings. The molecule has 0 aromatic rings. The van der Waals surface area contributed by atoms with E-state index in [1.165, 1.54) is 0 Å². The van der Waals surface area contributed by atoms with Gasteiger partial charge in [-0.15, -0.1) is 12.4 Å².